The Labute approximate surface area is 156 Å². The van der Waals surface area contributed by atoms with Crippen molar-refractivity contribution in [3.05, 3.63) is 58.8 Å². The summed E-state index contributed by atoms with van der Waals surface area (Å²) in [6.45, 7) is 0.761. The van der Waals surface area contributed by atoms with Crippen LogP contribution in [0.3, 0.4) is 0 Å². The van der Waals surface area contributed by atoms with Crippen LogP contribution in [0.2, 0.25) is 5.02 Å². The van der Waals surface area contributed by atoms with Gasteiger partial charge in [-0.2, -0.15) is 0 Å². The highest BCUT2D eigenvalue weighted by Crippen LogP contribution is 2.21. The molecule has 0 radical (unpaired) electrons. The molecule has 2 aromatic rings. The Kier molecular flexibility index (Phi) is 6.17. The number of amides is 1. The summed E-state index contributed by atoms with van der Waals surface area (Å²) in [7, 11) is 0. The lowest BCUT2D eigenvalue weighted by Gasteiger charge is -2.13. The summed E-state index contributed by atoms with van der Waals surface area (Å²) in [4.78, 5) is 20.4. The Hall–Kier alpha value is -2.47. The largest absolute Gasteiger partial charge is 0.370 e. The third-order valence-corrected chi connectivity index (χ3v) is 4.50. The van der Waals surface area contributed by atoms with Gasteiger partial charge in [-0.25, -0.2) is 14.4 Å². The van der Waals surface area contributed by atoms with E-state index in [1.165, 1.54) is 55.8 Å². The molecule has 26 heavy (non-hydrogen) atoms. The van der Waals surface area contributed by atoms with Gasteiger partial charge in [0.2, 0.25) is 0 Å². The van der Waals surface area contributed by atoms with Crippen molar-refractivity contribution in [1.29, 1.82) is 0 Å². The highest BCUT2D eigenvalue weighted by Gasteiger charge is 2.11. The minimum absolute atomic E-state index is 0.0511. The van der Waals surface area contributed by atoms with Crippen molar-refractivity contribution in [3.8, 4) is 0 Å². The maximum Gasteiger partial charge on any atom is 0.274 e. The zero-order valence-corrected chi connectivity index (χ0v) is 15.0. The van der Waals surface area contributed by atoms with Gasteiger partial charge in [-0.1, -0.05) is 23.3 Å². The first-order valence-electron chi connectivity index (χ1n) is 8.62. The van der Waals surface area contributed by atoms with Crippen LogP contribution < -0.4 is 10.6 Å². The monoisotopic (exact) mass is 374 g/mol. The Morgan fingerprint density at radius 1 is 1.23 bits per heavy atom. The van der Waals surface area contributed by atoms with Crippen LogP contribution in [-0.4, -0.2) is 22.4 Å². The number of halogens is 2. The van der Waals surface area contributed by atoms with Crippen molar-refractivity contribution >= 4 is 29.0 Å². The van der Waals surface area contributed by atoms with E-state index in [1.54, 1.807) is 6.07 Å². The van der Waals surface area contributed by atoms with Crippen LogP contribution in [-0.2, 0) is 0 Å². The number of carbonyl (C=O) groups is 1. The summed E-state index contributed by atoms with van der Waals surface area (Å²) in [5.41, 5.74) is 2.10. The molecule has 1 amide bonds. The molecule has 0 unspecified atom stereocenters. The van der Waals surface area contributed by atoms with Gasteiger partial charge in [0.25, 0.3) is 5.91 Å². The Balaban J connectivity index is 1.58. The molecule has 1 aromatic carbocycles. The Bertz CT molecular complexity index is 825. The van der Waals surface area contributed by atoms with Gasteiger partial charge in [-0.3, -0.25) is 4.79 Å². The van der Waals surface area contributed by atoms with Gasteiger partial charge in [-0.15, -0.1) is 0 Å². The third kappa shape index (κ3) is 5.02. The van der Waals surface area contributed by atoms with Crippen molar-refractivity contribution in [3.63, 3.8) is 0 Å². The summed E-state index contributed by atoms with van der Waals surface area (Å²) >= 11 is 5.72. The normalized spacial score (nSPS) is 13.8. The van der Waals surface area contributed by atoms with Crippen LogP contribution in [0.1, 0.15) is 42.6 Å². The summed E-state index contributed by atoms with van der Waals surface area (Å²) in [6.07, 6.45) is 9.50. The zero-order chi connectivity index (χ0) is 18.4. The first-order valence-corrected chi connectivity index (χ1v) is 9.00. The van der Waals surface area contributed by atoms with Gasteiger partial charge in [-0.05, 0) is 50.3 Å². The second-order valence-electron chi connectivity index (χ2n) is 6.16. The number of anilines is 2. The van der Waals surface area contributed by atoms with Crippen LogP contribution in [0.15, 0.2) is 42.2 Å². The second kappa shape index (κ2) is 8.76. The van der Waals surface area contributed by atoms with E-state index in [4.69, 9.17) is 11.6 Å². The van der Waals surface area contributed by atoms with Gasteiger partial charge in [0.1, 0.15) is 23.7 Å². The summed E-state index contributed by atoms with van der Waals surface area (Å²) in [5.74, 6) is -0.349. The quantitative estimate of drug-likeness (QED) is 0.711. The molecule has 1 aliphatic rings. The van der Waals surface area contributed by atoms with Crippen LogP contribution in [0.5, 0.6) is 0 Å². The molecule has 5 nitrogen and oxygen atoms in total. The lowest BCUT2D eigenvalue weighted by Crippen LogP contribution is -2.15. The number of nitrogens with one attached hydrogen (secondary N) is 2. The van der Waals surface area contributed by atoms with Crippen LogP contribution in [0.25, 0.3) is 0 Å². The first-order chi connectivity index (χ1) is 12.6. The average Bonchev–Trinajstić information content (AvgIpc) is 2.66. The molecule has 0 saturated carbocycles. The molecule has 136 valence electrons. The minimum Gasteiger partial charge on any atom is -0.370 e. The number of benzene rings is 1. The van der Waals surface area contributed by atoms with Crippen molar-refractivity contribution in [1.82, 2.24) is 9.97 Å². The van der Waals surface area contributed by atoms with E-state index < -0.39 is 11.7 Å². The fraction of sp³-hybridized carbons (Fsp3) is 0.316. The van der Waals surface area contributed by atoms with E-state index in [1.807, 2.05) is 0 Å². The van der Waals surface area contributed by atoms with E-state index in [2.05, 4.69) is 26.7 Å². The number of rotatable bonds is 6. The van der Waals surface area contributed by atoms with E-state index in [0.717, 1.165) is 13.0 Å². The molecular formula is C19H20ClFN4O. The number of hydrogen-bond donors (Lipinski definition) is 2. The Morgan fingerprint density at radius 2 is 2.12 bits per heavy atom. The topological polar surface area (TPSA) is 66.9 Å². The van der Waals surface area contributed by atoms with Gasteiger partial charge >= 0.3 is 0 Å². The summed E-state index contributed by atoms with van der Waals surface area (Å²) in [5, 5.41) is 5.82. The lowest BCUT2D eigenvalue weighted by molar-refractivity contribution is 0.102. The smallest absolute Gasteiger partial charge is 0.274 e. The second-order valence-corrected chi connectivity index (χ2v) is 6.56. The maximum absolute atomic E-state index is 13.2. The molecule has 0 bridgehead atoms. The van der Waals surface area contributed by atoms with Gasteiger partial charge in [0, 0.05) is 18.3 Å². The zero-order valence-electron chi connectivity index (χ0n) is 14.3. The fourth-order valence-corrected chi connectivity index (χ4v) is 3.01. The minimum atomic E-state index is -0.536. The standard InChI is InChI=1S/C19H20ClFN4O/c20-15-10-14(6-7-16(15)21)25-19(26)17-11-18(24-12-23-17)22-9-8-13-4-2-1-3-5-13/h4,6-7,10-12H,1-3,5,8-9H2,(H,25,26)(H,22,23,24). The number of carbonyl (C=O) groups excluding carboxylic acids is 1. The predicted molar refractivity (Wildman–Crippen MR) is 101 cm³/mol. The van der Waals surface area contributed by atoms with Gasteiger partial charge in [0.05, 0.1) is 5.02 Å². The van der Waals surface area contributed by atoms with E-state index >= 15 is 0 Å². The van der Waals surface area contributed by atoms with Gasteiger partial charge < -0.3 is 10.6 Å². The van der Waals surface area contributed by atoms with Crippen molar-refractivity contribution in [2.45, 2.75) is 32.1 Å². The molecule has 1 heterocycles. The molecular weight excluding hydrogens is 355 g/mol. The van der Waals surface area contributed by atoms with Gasteiger partial charge in [0.15, 0.2) is 0 Å². The number of hydrogen-bond acceptors (Lipinski definition) is 4. The highest BCUT2D eigenvalue weighted by atomic mass is 35.5. The fourth-order valence-electron chi connectivity index (χ4n) is 2.83. The average molecular weight is 375 g/mol. The van der Waals surface area contributed by atoms with E-state index in [-0.39, 0.29) is 10.7 Å². The molecule has 0 spiro atoms. The predicted octanol–water partition coefficient (Wildman–Crippen LogP) is 4.82. The third-order valence-electron chi connectivity index (χ3n) is 4.21. The van der Waals surface area contributed by atoms with E-state index in [0.29, 0.717) is 11.5 Å². The van der Waals surface area contributed by atoms with Crippen molar-refractivity contribution in [2.24, 2.45) is 0 Å². The molecule has 0 atom stereocenters. The van der Waals surface area contributed by atoms with Crippen molar-refractivity contribution in [2.75, 3.05) is 17.2 Å². The number of aromatic nitrogens is 2. The number of nitrogens with zero attached hydrogens (tertiary/aromatic N) is 2. The number of allylic oxidation sites excluding steroid dienone is 1. The highest BCUT2D eigenvalue weighted by molar-refractivity contribution is 6.31. The molecule has 0 saturated heterocycles. The first kappa shape index (κ1) is 18.3. The molecule has 0 fully saturated rings. The van der Waals surface area contributed by atoms with E-state index in [9.17, 15) is 9.18 Å². The molecule has 0 aliphatic heterocycles. The van der Waals surface area contributed by atoms with Crippen molar-refractivity contribution < 1.29 is 9.18 Å². The summed E-state index contributed by atoms with van der Waals surface area (Å²) < 4.78 is 13.2. The molecule has 2 N–H and O–H groups in total. The maximum atomic E-state index is 13.2. The van der Waals surface area contributed by atoms with Crippen LogP contribution in [0.4, 0.5) is 15.9 Å². The Morgan fingerprint density at radius 3 is 2.88 bits per heavy atom. The van der Waals surface area contributed by atoms with Crippen LogP contribution >= 0.6 is 11.6 Å². The lowest BCUT2D eigenvalue weighted by atomic mass is 9.97. The SMILES string of the molecule is O=C(Nc1ccc(F)c(Cl)c1)c1cc(NCCC2=CCCCC2)ncn1. The molecule has 1 aromatic heterocycles. The molecule has 3 rings (SSSR count). The summed E-state index contributed by atoms with van der Waals surface area (Å²) in [6, 6.07) is 5.59. The van der Waals surface area contributed by atoms with Crippen LogP contribution in [0, 0.1) is 5.82 Å². The molecule has 7 heteroatoms. The molecule has 1 aliphatic carbocycles.